The first-order chi connectivity index (χ1) is 15.6. The summed E-state index contributed by atoms with van der Waals surface area (Å²) in [6.07, 6.45) is 9.29. The Morgan fingerprint density at radius 2 is 1.75 bits per heavy atom. The lowest BCUT2D eigenvalue weighted by atomic mass is 9.62. The van der Waals surface area contributed by atoms with Gasteiger partial charge in [0.15, 0.2) is 11.5 Å². The highest BCUT2D eigenvalue weighted by Crippen LogP contribution is 2.50. The summed E-state index contributed by atoms with van der Waals surface area (Å²) < 4.78 is 7.68. The Hall–Kier alpha value is -3.21. The van der Waals surface area contributed by atoms with E-state index in [1.807, 2.05) is 49.0 Å². The first kappa shape index (κ1) is 19.5. The van der Waals surface area contributed by atoms with Crippen molar-refractivity contribution >= 4 is 5.65 Å². The highest BCUT2D eigenvalue weighted by atomic mass is 16.5. The number of benzene rings is 2. The van der Waals surface area contributed by atoms with Gasteiger partial charge in [-0.1, -0.05) is 43.5 Å². The Labute approximate surface area is 188 Å². The fourth-order valence-corrected chi connectivity index (χ4v) is 5.64. The van der Waals surface area contributed by atoms with Gasteiger partial charge in [-0.15, -0.1) is 5.10 Å². The van der Waals surface area contributed by atoms with Crippen molar-refractivity contribution in [1.29, 1.82) is 0 Å². The zero-order valence-electron chi connectivity index (χ0n) is 18.7. The topological polar surface area (TPSA) is 52.3 Å². The van der Waals surface area contributed by atoms with Gasteiger partial charge in [-0.3, -0.25) is 0 Å². The molecule has 1 fully saturated rings. The molecule has 0 unspecified atom stereocenters. The lowest BCUT2D eigenvalue weighted by Gasteiger charge is -2.42. The van der Waals surface area contributed by atoms with Gasteiger partial charge in [0.2, 0.25) is 0 Å². The van der Waals surface area contributed by atoms with E-state index in [0.29, 0.717) is 0 Å². The Morgan fingerprint density at radius 1 is 0.969 bits per heavy atom. The standard InChI is InChI=1S/C27H28N4O/c1-18(2)32-21-12-10-19(11-13-21)25-29-26-23-24(28-17-31(26)30-25)22-9-5-4-8-20(22)16-27(23)14-6-3-7-15-27/h4-5,8-13,17-18H,3,6-7,14-16H2,1-2H3. The number of rotatable bonds is 3. The molecule has 0 amide bonds. The molecular formula is C27H28N4O. The van der Waals surface area contributed by atoms with Crippen molar-refractivity contribution in [2.24, 2.45) is 0 Å². The molecule has 2 aliphatic carbocycles. The summed E-state index contributed by atoms with van der Waals surface area (Å²) in [6.45, 7) is 4.07. The van der Waals surface area contributed by atoms with Crippen molar-refractivity contribution in [3.63, 3.8) is 0 Å². The summed E-state index contributed by atoms with van der Waals surface area (Å²) in [6, 6.07) is 16.8. The Bertz CT molecular complexity index is 1280. The van der Waals surface area contributed by atoms with Crippen LogP contribution in [0.4, 0.5) is 0 Å². The van der Waals surface area contributed by atoms with Crippen LogP contribution in [0.3, 0.4) is 0 Å². The van der Waals surface area contributed by atoms with Gasteiger partial charge >= 0.3 is 0 Å². The largest absolute Gasteiger partial charge is 0.491 e. The molecule has 6 rings (SSSR count). The van der Waals surface area contributed by atoms with Crippen LogP contribution in [-0.2, 0) is 11.8 Å². The van der Waals surface area contributed by atoms with Gasteiger partial charge in [-0.2, -0.15) is 0 Å². The lowest BCUT2D eigenvalue weighted by molar-refractivity contribution is 0.242. The molecule has 0 N–H and O–H groups in total. The summed E-state index contributed by atoms with van der Waals surface area (Å²) in [4.78, 5) is 10.0. The van der Waals surface area contributed by atoms with E-state index in [2.05, 4.69) is 24.3 Å². The second kappa shape index (κ2) is 7.44. The van der Waals surface area contributed by atoms with Gasteiger partial charge in [0.25, 0.3) is 0 Å². The summed E-state index contributed by atoms with van der Waals surface area (Å²) in [7, 11) is 0. The summed E-state index contributed by atoms with van der Waals surface area (Å²) in [5.41, 5.74) is 7.13. The maximum absolute atomic E-state index is 5.79. The quantitative estimate of drug-likeness (QED) is 0.404. The van der Waals surface area contributed by atoms with E-state index in [4.69, 9.17) is 19.8 Å². The third-order valence-corrected chi connectivity index (χ3v) is 7.01. The molecule has 162 valence electrons. The molecule has 0 atom stereocenters. The van der Waals surface area contributed by atoms with Crippen LogP contribution in [0.1, 0.15) is 57.1 Å². The zero-order valence-corrected chi connectivity index (χ0v) is 18.7. The highest BCUT2D eigenvalue weighted by Gasteiger charge is 2.42. The van der Waals surface area contributed by atoms with Crippen LogP contribution >= 0.6 is 0 Å². The number of nitrogens with zero attached hydrogens (tertiary/aromatic N) is 4. The molecule has 2 heterocycles. The average Bonchev–Trinajstić information content (AvgIpc) is 3.24. The van der Waals surface area contributed by atoms with Crippen molar-refractivity contribution < 1.29 is 4.74 Å². The summed E-state index contributed by atoms with van der Waals surface area (Å²) in [5, 5.41) is 4.82. The molecule has 0 bridgehead atoms. The SMILES string of the molecule is CC(C)Oc1ccc(-c2nc3c4c(ncn3n2)-c2ccccc2CC42CCCCC2)cc1. The predicted molar refractivity (Wildman–Crippen MR) is 126 cm³/mol. The van der Waals surface area contributed by atoms with Gasteiger partial charge in [0.1, 0.15) is 12.1 Å². The van der Waals surface area contributed by atoms with Crippen LogP contribution in [0, 0.1) is 0 Å². The minimum absolute atomic E-state index is 0.108. The Kier molecular flexibility index (Phi) is 4.53. The smallest absolute Gasteiger partial charge is 0.182 e. The van der Waals surface area contributed by atoms with Crippen molar-refractivity contribution in [3.8, 4) is 28.4 Å². The van der Waals surface area contributed by atoms with E-state index in [1.165, 1.54) is 48.8 Å². The molecule has 2 aliphatic rings. The van der Waals surface area contributed by atoms with E-state index in [1.54, 1.807) is 0 Å². The van der Waals surface area contributed by atoms with E-state index in [9.17, 15) is 0 Å². The number of hydrogen-bond acceptors (Lipinski definition) is 4. The molecule has 5 nitrogen and oxygen atoms in total. The van der Waals surface area contributed by atoms with Gasteiger partial charge in [-0.05, 0) is 62.9 Å². The molecule has 2 aromatic carbocycles. The molecule has 1 spiro atoms. The van der Waals surface area contributed by atoms with Gasteiger partial charge in [-0.25, -0.2) is 14.5 Å². The fraction of sp³-hybridized carbons (Fsp3) is 0.370. The number of fused-ring (bicyclic) bond motifs is 6. The zero-order chi connectivity index (χ0) is 21.7. The third kappa shape index (κ3) is 3.10. The molecule has 0 radical (unpaired) electrons. The predicted octanol–water partition coefficient (Wildman–Crippen LogP) is 6.00. The van der Waals surface area contributed by atoms with Crippen LogP contribution in [0.25, 0.3) is 28.3 Å². The Morgan fingerprint density at radius 3 is 2.53 bits per heavy atom. The molecule has 0 aliphatic heterocycles. The van der Waals surface area contributed by atoms with Crippen molar-refractivity contribution in [3.05, 3.63) is 66.0 Å². The third-order valence-electron chi connectivity index (χ3n) is 7.01. The van der Waals surface area contributed by atoms with Crippen LogP contribution in [0.2, 0.25) is 0 Å². The van der Waals surface area contributed by atoms with Crippen LogP contribution < -0.4 is 4.74 Å². The van der Waals surface area contributed by atoms with Gasteiger partial charge in [0, 0.05) is 22.1 Å². The Balaban J connectivity index is 1.51. The lowest BCUT2D eigenvalue weighted by Crippen LogP contribution is -2.36. The van der Waals surface area contributed by atoms with Crippen LogP contribution in [-0.4, -0.2) is 25.7 Å². The highest BCUT2D eigenvalue weighted by molar-refractivity contribution is 5.78. The second-order valence-electron chi connectivity index (χ2n) is 9.54. The van der Waals surface area contributed by atoms with Gasteiger partial charge in [0.05, 0.1) is 11.8 Å². The van der Waals surface area contributed by atoms with E-state index >= 15 is 0 Å². The average molecular weight is 425 g/mol. The van der Waals surface area contributed by atoms with Crippen LogP contribution in [0.15, 0.2) is 54.9 Å². The maximum atomic E-state index is 5.79. The van der Waals surface area contributed by atoms with Crippen molar-refractivity contribution in [2.45, 2.75) is 63.9 Å². The van der Waals surface area contributed by atoms with E-state index in [-0.39, 0.29) is 11.5 Å². The summed E-state index contributed by atoms with van der Waals surface area (Å²) in [5.74, 6) is 1.60. The molecular weight excluding hydrogens is 396 g/mol. The van der Waals surface area contributed by atoms with Crippen LogP contribution in [0.5, 0.6) is 5.75 Å². The molecule has 0 saturated heterocycles. The first-order valence-corrected chi connectivity index (χ1v) is 11.7. The van der Waals surface area contributed by atoms with E-state index < -0.39 is 0 Å². The van der Waals surface area contributed by atoms with E-state index in [0.717, 1.165) is 34.9 Å². The summed E-state index contributed by atoms with van der Waals surface area (Å²) >= 11 is 0. The second-order valence-corrected chi connectivity index (χ2v) is 9.54. The molecule has 5 heteroatoms. The maximum Gasteiger partial charge on any atom is 0.182 e. The normalized spacial score (nSPS) is 16.8. The number of hydrogen-bond donors (Lipinski definition) is 0. The molecule has 2 aromatic heterocycles. The molecule has 4 aromatic rings. The minimum atomic E-state index is 0.108. The fourth-order valence-electron chi connectivity index (χ4n) is 5.64. The molecule has 32 heavy (non-hydrogen) atoms. The van der Waals surface area contributed by atoms with Crippen molar-refractivity contribution in [2.75, 3.05) is 0 Å². The monoisotopic (exact) mass is 424 g/mol. The minimum Gasteiger partial charge on any atom is -0.491 e. The van der Waals surface area contributed by atoms with Crippen molar-refractivity contribution in [1.82, 2.24) is 19.6 Å². The number of ether oxygens (including phenoxy) is 1. The number of aromatic nitrogens is 4. The molecule has 1 saturated carbocycles. The first-order valence-electron chi connectivity index (χ1n) is 11.7. The van der Waals surface area contributed by atoms with Gasteiger partial charge < -0.3 is 4.74 Å².